The lowest BCUT2D eigenvalue weighted by atomic mass is 10.0. The van der Waals surface area contributed by atoms with E-state index in [-0.39, 0.29) is 0 Å². The molecule has 1 aromatic carbocycles. The second kappa shape index (κ2) is 5.22. The molecule has 118 valence electrons. The minimum absolute atomic E-state index is 0.546. The van der Waals surface area contributed by atoms with Gasteiger partial charge in [0.15, 0.2) is 11.4 Å². The Balaban J connectivity index is 1.96. The summed E-state index contributed by atoms with van der Waals surface area (Å²) in [7, 11) is 0. The van der Waals surface area contributed by atoms with Crippen LogP contribution in [0.3, 0.4) is 0 Å². The maximum Gasteiger partial charge on any atom is 0.196 e. The summed E-state index contributed by atoms with van der Waals surface area (Å²) in [5, 5.41) is 12.4. The summed E-state index contributed by atoms with van der Waals surface area (Å²) in [6.07, 6.45) is 2.37. The molecule has 1 saturated heterocycles. The molecule has 0 N–H and O–H groups in total. The highest BCUT2D eigenvalue weighted by atomic mass is 16.4. The molecule has 1 fully saturated rings. The molecular formula is C17H16N3O3-. The Morgan fingerprint density at radius 3 is 2.96 bits per heavy atom. The molecule has 0 aliphatic carbocycles. The number of aryl methyl sites for hydroxylation is 1. The number of para-hydroxylation sites is 1. The molecule has 3 aromatic rings. The molecule has 4 rings (SSSR count). The maximum atomic E-state index is 11.5. The van der Waals surface area contributed by atoms with Crippen LogP contribution in [0.4, 0.5) is 5.82 Å². The standard InChI is InChI=1S/C17H17N3O3/c1-10-18-14-11-6-2-3-8-13(11)23-15(14)16(19-10)20-9-5-4-7-12(20)17(21)22/h2-3,6,8,12H,4-5,7,9H2,1H3,(H,21,22)/p-1/t12-/m0/s1. The lowest BCUT2D eigenvalue weighted by molar-refractivity contribution is -0.307. The third kappa shape index (κ3) is 2.21. The number of carbonyl (C=O) groups excluding carboxylic acids is 1. The van der Waals surface area contributed by atoms with Gasteiger partial charge in [0, 0.05) is 11.9 Å². The Morgan fingerprint density at radius 2 is 2.13 bits per heavy atom. The van der Waals surface area contributed by atoms with E-state index in [0.29, 0.717) is 30.2 Å². The van der Waals surface area contributed by atoms with Crippen LogP contribution in [0.25, 0.3) is 22.1 Å². The number of furan rings is 1. The fourth-order valence-electron chi connectivity index (χ4n) is 3.31. The van der Waals surface area contributed by atoms with Gasteiger partial charge in [-0.3, -0.25) is 0 Å². The zero-order chi connectivity index (χ0) is 16.0. The number of anilines is 1. The minimum atomic E-state index is -1.06. The predicted octanol–water partition coefficient (Wildman–Crippen LogP) is 1.79. The number of carboxylic acids is 1. The summed E-state index contributed by atoms with van der Waals surface area (Å²) in [6.45, 7) is 2.43. The largest absolute Gasteiger partial charge is 0.548 e. The van der Waals surface area contributed by atoms with Crippen molar-refractivity contribution in [2.24, 2.45) is 0 Å². The van der Waals surface area contributed by atoms with Gasteiger partial charge in [0.2, 0.25) is 0 Å². The van der Waals surface area contributed by atoms with E-state index in [1.54, 1.807) is 4.90 Å². The molecule has 0 unspecified atom stereocenters. The van der Waals surface area contributed by atoms with Gasteiger partial charge in [-0.15, -0.1) is 0 Å². The summed E-state index contributed by atoms with van der Waals surface area (Å²) in [6, 6.07) is 6.98. The number of carbonyl (C=O) groups is 1. The molecule has 0 saturated carbocycles. The van der Waals surface area contributed by atoms with Crippen molar-refractivity contribution >= 4 is 33.9 Å². The van der Waals surface area contributed by atoms with E-state index in [4.69, 9.17) is 4.42 Å². The van der Waals surface area contributed by atoms with Gasteiger partial charge < -0.3 is 19.2 Å². The number of rotatable bonds is 2. The number of nitrogens with zero attached hydrogens (tertiary/aromatic N) is 3. The van der Waals surface area contributed by atoms with E-state index in [9.17, 15) is 9.90 Å². The molecule has 3 heterocycles. The molecule has 0 radical (unpaired) electrons. The quantitative estimate of drug-likeness (QED) is 0.717. The molecular weight excluding hydrogens is 294 g/mol. The second-order valence-electron chi connectivity index (χ2n) is 5.89. The Morgan fingerprint density at radius 1 is 1.30 bits per heavy atom. The molecule has 6 heteroatoms. The average molecular weight is 310 g/mol. The van der Waals surface area contributed by atoms with Crippen molar-refractivity contribution < 1.29 is 14.3 Å². The van der Waals surface area contributed by atoms with Crippen molar-refractivity contribution in [3.63, 3.8) is 0 Å². The van der Waals surface area contributed by atoms with Gasteiger partial charge in [-0.05, 0) is 38.3 Å². The predicted molar refractivity (Wildman–Crippen MR) is 84.0 cm³/mol. The van der Waals surface area contributed by atoms with Gasteiger partial charge in [0.1, 0.15) is 16.9 Å². The van der Waals surface area contributed by atoms with Gasteiger partial charge in [-0.2, -0.15) is 0 Å². The van der Waals surface area contributed by atoms with Crippen LogP contribution in [0.1, 0.15) is 25.1 Å². The fourth-order valence-corrected chi connectivity index (χ4v) is 3.31. The smallest absolute Gasteiger partial charge is 0.196 e. The minimum Gasteiger partial charge on any atom is -0.548 e. The third-order valence-corrected chi connectivity index (χ3v) is 4.36. The number of piperidine rings is 1. The fraction of sp³-hybridized carbons (Fsp3) is 0.353. The normalized spacial score (nSPS) is 18.7. The summed E-state index contributed by atoms with van der Waals surface area (Å²) in [5.74, 6) is 0.0875. The van der Waals surface area contributed by atoms with Crippen molar-refractivity contribution in [1.29, 1.82) is 0 Å². The van der Waals surface area contributed by atoms with Crippen LogP contribution in [0.5, 0.6) is 0 Å². The SMILES string of the molecule is Cc1nc(N2CCCC[C@H]2C(=O)[O-])c2oc3ccccc3c2n1. The molecule has 0 spiro atoms. The first-order valence-electron chi connectivity index (χ1n) is 7.78. The lowest BCUT2D eigenvalue weighted by Crippen LogP contribution is -2.51. The molecule has 1 aliphatic heterocycles. The Kier molecular flexibility index (Phi) is 3.18. The zero-order valence-electron chi connectivity index (χ0n) is 12.8. The van der Waals surface area contributed by atoms with Crippen molar-refractivity contribution in [3.05, 3.63) is 30.1 Å². The van der Waals surface area contributed by atoms with Crippen LogP contribution >= 0.6 is 0 Å². The van der Waals surface area contributed by atoms with Crippen LogP contribution in [-0.2, 0) is 4.79 Å². The van der Waals surface area contributed by atoms with E-state index in [1.165, 1.54) is 0 Å². The van der Waals surface area contributed by atoms with Crippen LogP contribution in [0, 0.1) is 6.92 Å². The molecule has 6 nitrogen and oxygen atoms in total. The Hall–Kier alpha value is -2.63. The van der Waals surface area contributed by atoms with Gasteiger partial charge in [0.05, 0.1) is 12.0 Å². The lowest BCUT2D eigenvalue weighted by Gasteiger charge is -2.37. The number of hydrogen-bond acceptors (Lipinski definition) is 6. The Bertz CT molecular complexity index is 903. The van der Waals surface area contributed by atoms with Gasteiger partial charge in [-0.25, -0.2) is 9.97 Å². The van der Waals surface area contributed by atoms with E-state index in [2.05, 4.69) is 9.97 Å². The van der Waals surface area contributed by atoms with Crippen LogP contribution < -0.4 is 10.0 Å². The first kappa shape index (κ1) is 14.0. The van der Waals surface area contributed by atoms with Crippen LogP contribution in [-0.4, -0.2) is 28.5 Å². The van der Waals surface area contributed by atoms with E-state index in [1.807, 2.05) is 31.2 Å². The first-order valence-corrected chi connectivity index (χ1v) is 7.78. The number of hydrogen-bond donors (Lipinski definition) is 0. The van der Waals surface area contributed by atoms with E-state index in [0.717, 1.165) is 29.3 Å². The highest BCUT2D eigenvalue weighted by Gasteiger charge is 2.28. The number of aromatic nitrogens is 2. The zero-order valence-corrected chi connectivity index (χ0v) is 12.8. The molecule has 0 bridgehead atoms. The first-order chi connectivity index (χ1) is 11.1. The van der Waals surface area contributed by atoms with Crippen LogP contribution in [0.2, 0.25) is 0 Å². The van der Waals surface area contributed by atoms with E-state index < -0.39 is 12.0 Å². The monoisotopic (exact) mass is 310 g/mol. The molecule has 1 atom stereocenters. The summed E-state index contributed by atoms with van der Waals surface area (Å²) < 4.78 is 5.94. The van der Waals surface area contributed by atoms with E-state index >= 15 is 0 Å². The van der Waals surface area contributed by atoms with Crippen molar-refractivity contribution in [2.75, 3.05) is 11.4 Å². The molecule has 1 aliphatic rings. The van der Waals surface area contributed by atoms with Crippen LogP contribution in [0.15, 0.2) is 28.7 Å². The number of aliphatic carboxylic acids is 1. The molecule has 0 amide bonds. The number of benzene rings is 1. The molecule has 23 heavy (non-hydrogen) atoms. The van der Waals surface area contributed by atoms with Crippen molar-refractivity contribution in [3.8, 4) is 0 Å². The van der Waals surface area contributed by atoms with Gasteiger partial charge in [-0.1, -0.05) is 12.1 Å². The summed E-state index contributed by atoms with van der Waals surface area (Å²) in [5.41, 5.74) is 2.00. The number of carboxylic acid groups (broad SMARTS) is 1. The topological polar surface area (TPSA) is 82.3 Å². The number of fused-ring (bicyclic) bond motifs is 3. The van der Waals surface area contributed by atoms with Gasteiger partial charge in [0.25, 0.3) is 0 Å². The molecule has 2 aromatic heterocycles. The summed E-state index contributed by atoms with van der Waals surface area (Å²) >= 11 is 0. The van der Waals surface area contributed by atoms with Crippen molar-refractivity contribution in [2.45, 2.75) is 32.2 Å². The Labute approximate surface area is 132 Å². The summed E-state index contributed by atoms with van der Waals surface area (Å²) in [4.78, 5) is 22.3. The average Bonchev–Trinajstić information content (AvgIpc) is 2.93. The third-order valence-electron chi connectivity index (χ3n) is 4.36. The maximum absolute atomic E-state index is 11.5. The van der Waals surface area contributed by atoms with Gasteiger partial charge >= 0.3 is 0 Å². The second-order valence-corrected chi connectivity index (χ2v) is 5.89. The van der Waals surface area contributed by atoms with Crippen molar-refractivity contribution in [1.82, 2.24) is 9.97 Å². The highest BCUT2D eigenvalue weighted by Crippen LogP contribution is 2.35. The highest BCUT2D eigenvalue weighted by molar-refractivity contribution is 6.06.